The van der Waals surface area contributed by atoms with Gasteiger partial charge in [0.05, 0.1) is 12.8 Å². The van der Waals surface area contributed by atoms with E-state index < -0.39 is 18.1 Å². The summed E-state index contributed by atoms with van der Waals surface area (Å²) in [5.41, 5.74) is 0.818. The predicted octanol–water partition coefficient (Wildman–Crippen LogP) is 1.95. The highest BCUT2D eigenvalue weighted by Gasteiger charge is 2.40. The van der Waals surface area contributed by atoms with Crippen molar-refractivity contribution < 1.29 is 22.7 Å². The quantitative estimate of drug-likeness (QED) is 0.924. The minimum absolute atomic E-state index is 0.336. The third-order valence-electron chi connectivity index (χ3n) is 3.21. The van der Waals surface area contributed by atoms with Crippen molar-refractivity contribution in [1.29, 1.82) is 0 Å². The maximum absolute atomic E-state index is 12.2. The van der Waals surface area contributed by atoms with Crippen LogP contribution in [0.25, 0.3) is 0 Å². The van der Waals surface area contributed by atoms with Gasteiger partial charge in [0.2, 0.25) is 0 Å². The van der Waals surface area contributed by atoms with Gasteiger partial charge in [-0.15, -0.1) is 0 Å². The number of carbonyl (C=O) groups is 1. The number of nitrogens with zero attached hydrogens (tertiary/aromatic N) is 1. The van der Waals surface area contributed by atoms with Crippen LogP contribution in [-0.4, -0.2) is 38.3 Å². The first-order chi connectivity index (χ1) is 9.41. The molecule has 1 fully saturated rings. The van der Waals surface area contributed by atoms with Gasteiger partial charge in [-0.2, -0.15) is 13.2 Å². The summed E-state index contributed by atoms with van der Waals surface area (Å²) in [4.78, 5) is 12.8. The van der Waals surface area contributed by atoms with Crippen molar-refractivity contribution in [3.63, 3.8) is 0 Å². The summed E-state index contributed by atoms with van der Waals surface area (Å²) in [5.74, 6) is -1.22. The summed E-state index contributed by atoms with van der Waals surface area (Å²) in [5, 5.41) is 2.01. The first-order valence-electron chi connectivity index (χ1n) is 6.17. The molecule has 110 valence electrons. The number of anilines is 1. The molecule has 0 bridgehead atoms. The Kier molecular flexibility index (Phi) is 4.06. The van der Waals surface area contributed by atoms with Crippen LogP contribution >= 0.6 is 0 Å². The lowest BCUT2D eigenvalue weighted by atomic mass is 10.2. The van der Waals surface area contributed by atoms with Crippen LogP contribution in [0, 0.1) is 0 Å². The molecule has 1 atom stereocenters. The number of nitrogens with one attached hydrogen (secondary N) is 1. The number of alkyl halides is 3. The number of methoxy groups -OCH3 is 1. The summed E-state index contributed by atoms with van der Waals surface area (Å²) in [6, 6.07) is 6.78. The summed E-state index contributed by atoms with van der Waals surface area (Å²) in [6.45, 7) is 0.908. The summed E-state index contributed by atoms with van der Waals surface area (Å²) < 4.78 is 41.8. The number of carbonyl (C=O) groups excluding carboxylic acids is 1. The summed E-state index contributed by atoms with van der Waals surface area (Å²) in [7, 11) is 1.54. The molecule has 0 aliphatic carbocycles. The van der Waals surface area contributed by atoms with E-state index >= 15 is 0 Å². The minimum Gasteiger partial charge on any atom is -0.495 e. The zero-order valence-corrected chi connectivity index (χ0v) is 10.9. The van der Waals surface area contributed by atoms with Crippen molar-refractivity contribution in [3.05, 3.63) is 24.3 Å². The van der Waals surface area contributed by atoms with Gasteiger partial charge in [-0.1, -0.05) is 12.1 Å². The minimum atomic E-state index is -4.84. The molecule has 1 aromatic rings. The zero-order valence-electron chi connectivity index (χ0n) is 10.9. The molecule has 0 saturated carbocycles. The van der Waals surface area contributed by atoms with E-state index in [4.69, 9.17) is 4.74 Å². The Bertz CT molecular complexity index is 491. The fraction of sp³-hybridized carbons (Fsp3) is 0.462. The molecule has 1 aromatic carbocycles. The van der Waals surface area contributed by atoms with Gasteiger partial charge in [0.25, 0.3) is 0 Å². The molecule has 2 rings (SSSR count). The number of ether oxygens (including phenoxy) is 1. The van der Waals surface area contributed by atoms with Crippen LogP contribution in [-0.2, 0) is 4.79 Å². The Labute approximate surface area is 114 Å². The molecule has 7 heteroatoms. The first kappa shape index (κ1) is 14.5. The largest absolute Gasteiger partial charge is 0.495 e. The lowest BCUT2D eigenvalue weighted by molar-refractivity contribution is -0.174. The molecule has 1 saturated heterocycles. The fourth-order valence-corrected chi connectivity index (χ4v) is 2.26. The molecule has 1 aliphatic heterocycles. The standard InChI is InChI=1S/C13H15F3N2O2/c1-20-11-5-3-2-4-10(11)18-7-6-9(8-18)17-12(19)13(14,15)16/h2-5,9H,6-8H2,1H3,(H,17,19). The summed E-state index contributed by atoms with van der Waals surface area (Å²) in [6.07, 6.45) is -4.36. The number of benzene rings is 1. The van der Waals surface area contributed by atoms with Gasteiger partial charge in [-0.05, 0) is 18.6 Å². The second kappa shape index (κ2) is 5.60. The Morgan fingerprint density at radius 1 is 1.40 bits per heavy atom. The van der Waals surface area contributed by atoms with E-state index in [0.29, 0.717) is 25.3 Å². The lowest BCUT2D eigenvalue weighted by Gasteiger charge is -2.21. The number of rotatable bonds is 3. The average molecular weight is 288 g/mol. The van der Waals surface area contributed by atoms with Gasteiger partial charge in [-0.3, -0.25) is 4.79 Å². The number of amides is 1. The molecule has 1 N–H and O–H groups in total. The zero-order chi connectivity index (χ0) is 14.8. The molecule has 0 radical (unpaired) electrons. The van der Waals surface area contributed by atoms with Crippen molar-refractivity contribution in [3.8, 4) is 5.75 Å². The van der Waals surface area contributed by atoms with Crippen LogP contribution in [0.15, 0.2) is 24.3 Å². The van der Waals surface area contributed by atoms with E-state index in [1.807, 2.05) is 28.4 Å². The summed E-state index contributed by atoms with van der Waals surface area (Å²) >= 11 is 0. The van der Waals surface area contributed by atoms with Gasteiger partial charge >= 0.3 is 12.1 Å². The van der Waals surface area contributed by atoms with E-state index in [2.05, 4.69) is 0 Å². The normalized spacial score (nSPS) is 19.0. The van der Waals surface area contributed by atoms with Gasteiger partial charge < -0.3 is 15.0 Å². The number of hydrogen-bond acceptors (Lipinski definition) is 3. The Balaban J connectivity index is 2.01. The van der Waals surface area contributed by atoms with Gasteiger partial charge in [0.1, 0.15) is 5.75 Å². The van der Waals surface area contributed by atoms with Crippen molar-refractivity contribution in [1.82, 2.24) is 5.32 Å². The van der Waals surface area contributed by atoms with Crippen LogP contribution in [0.4, 0.5) is 18.9 Å². The Morgan fingerprint density at radius 3 is 2.75 bits per heavy atom. The van der Waals surface area contributed by atoms with Crippen LogP contribution in [0.3, 0.4) is 0 Å². The fourth-order valence-electron chi connectivity index (χ4n) is 2.26. The molecular formula is C13H15F3N2O2. The smallest absolute Gasteiger partial charge is 0.471 e. The van der Waals surface area contributed by atoms with E-state index in [1.165, 1.54) is 7.11 Å². The van der Waals surface area contributed by atoms with E-state index in [9.17, 15) is 18.0 Å². The molecule has 1 unspecified atom stereocenters. The predicted molar refractivity (Wildman–Crippen MR) is 67.8 cm³/mol. The molecule has 20 heavy (non-hydrogen) atoms. The molecule has 1 heterocycles. The molecule has 0 spiro atoms. The van der Waals surface area contributed by atoms with Crippen LogP contribution < -0.4 is 15.0 Å². The third kappa shape index (κ3) is 3.15. The Morgan fingerprint density at radius 2 is 2.10 bits per heavy atom. The Hall–Kier alpha value is -1.92. The topological polar surface area (TPSA) is 41.6 Å². The van der Waals surface area contributed by atoms with Gasteiger partial charge in [0, 0.05) is 19.1 Å². The highest BCUT2D eigenvalue weighted by Crippen LogP contribution is 2.30. The van der Waals surface area contributed by atoms with Gasteiger partial charge in [-0.25, -0.2) is 0 Å². The first-order valence-corrected chi connectivity index (χ1v) is 6.17. The monoisotopic (exact) mass is 288 g/mol. The second-order valence-corrected chi connectivity index (χ2v) is 4.57. The number of hydrogen-bond donors (Lipinski definition) is 1. The molecule has 4 nitrogen and oxygen atoms in total. The average Bonchev–Trinajstić information content (AvgIpc) is 2.86. The van der Waals surface area contributed by atoms with E-state index in [1.54, 1.807) is 6.07 Å². The molecule has 0 aromatic heterocycles. The van der Waals surface area contributed by atoms with Gasteiger partial charge in [0.15, 0.2) is 0 Å². The third-order valence-corrected chi connectivity index (χ3v) is 3.21. The maximum Gasteiger partial charge on any atom is 0.471 e. The molecule has 1 aliphatic rings. The second-order valence-electron chi connectivity index (χ2n) is 4.57. The van der Waals surface area contributed by atoms with Crippen molar-refractivity contribution >= 4 is 11.6 Å². The van der Waals surface area contributed by atoms with Crippen molar-refractivity contribution in [2.24, 2.45) is 0 Å². The number of halogens is 3. The lowest BCUT2D eigenvalue weighted by Crippen LogP contribution is -2.44. The molecular weight excluding hydrogens is 273 g/mol. The van der Waals surface area contributed by atoms with Crippen LogP contribution in [0.1, 0.15) is 6.42 Å². The highest BCUT2D eigenvalue weighted by molar-refractivity contribution is 5.82. The highest BCUT2D eigenvalue weighted by atomic mass is 19.4. The van der Waals surface area contributed by atoms with Crippen molar-refractivity contribution in [2.75, 3.05) is 25.1 Å². The van der Waals surface area contributed by atoms with Crippen LogP contribution in [0.5, 0.6) is 5.75 Å². The maximum atomic E-state index is 12.2. The van der Waals surface area contributed by atoms with Crippen LogP contribution in [0.2, 0.25) is 0 Å². The van der Waals surface area contributed by atoms with Crippen molar-refractivity contribution in [2.45, 2.75) is 18.6 Å². The number of para-hydroxylation sites is 2. The SMILES string of the molecule is COc1ccccc1N1CCC(NC(=O)C(F)(F)F)C1. The van der Waals surface area contributed by atoms with E-state index in [0.717, 1.165) is 5.69 Å². The van der Waals surface area contributed by atoms with E-state index in [-0.39, 0.29) is 0 Å². The molecule has 1 amide bonds.